The molecule has 0 aliphatic rings. The van der Waals surface area contributed by atoms with E-state index >= 15 is 0 Å². The second kappa shape index (κ2) is 7.22. The van der Waals surface area contributed by atoms with Crippen molar-refractivity contribution in [3.05, 3.63) is 54.1 Å². The van der Waals surface area contributed by atoms with Crippen molar-refractivity contribution in [1.29, 1.82) is 0 Å². The molecule has 0 aliphatic carbocycles. The highest BCUT2D eigenvalue weighted by molar-refractivity contribution is 7.99. The molecule has 2 N–H and O–H groups in total. The smallest absolute Gasteiger partial charge is 0.132 e. The number of hydrogen-bond acceptors (Lipinski definition) is 4. The molecule has 2 aromatic carbocycles. The average molecular weight is 289 g/mol. The quantitative estimate of drug-likeness (QED) is 0.827. The lowest BCUT2D eigenvalue weighted by Gasteiger charge is -2.13. The first-order valence-electron chi connectivity index (χ1n) is 6.40. The molecule has 1 atom stereocenters. The van der Waals surface area contributed by atoms with Crippen LogP contribution < -0.4 is 15.2 Å². The van der Waals surface area contributed by atoms with Crippen molar-refractivity contribution in [2.24, 2.45) is 5.73 Å². The van der Waals surface area contributed by atoms with Crippen LogP contribution in [0.25, 0.3) is 0 Å². The topological polar surface area (TPSA) is 44.5 Å². The fourth-order valence-corrected chi connectivity index (χ4v) is 2.88. The summed E-state index contributed by atoms with van der Waals surface area (Å²) in [6.45, 7) is 0. The summed E-state index contributed by atoms with van der Waals surface area (Å²) in [7, 11) is 3.34. The van der Waals surface area contributed by atoms with Gasteiger partial charge in [0.1, 0.15) is 11.5 Å². The van der Waals surface area contributed by atoms with E-state index in [4.69, 9.17) is 15.2 Å². The molecule has 4 heteroatoms. The molecular weight excluding hydrogens is 270 g/mol. The third-order valence-corrected chi connectivity index (χ3v) is 4.21. The van der Waals surface area contributed by atoms with Crippen LogP contribution >= 0.6 is 11.8 Å². The summed E-state index contributed by atoms with van der Waals surface area (Å²) in [5.74, 6) is 2.53. The Morgan fingerprint density at radius 1 is 1.00 bits per heavy atom. The third-order valence-electron chi connectivity index (χ3n) is 3.03. The average Bonchev–Trinajstić information content (AvgIpc) is 2.53. The van der Waals surface area contributed by atoms with Gasteiger partial charge in [0.25, 0.3) is 0 Å². The van der Waals surface area contributed by atoms with Gasteiger partial charge in [0.15, 0.2) is 0 Å². The van der Waals surface area contributed by atoms with Crippen LogP contribution in [0.15, 0.2) is 53.4 Å². The number of thioether (sulfide) groups is 1. The van der Waals surface area contributed by atoms with Crippen LogP contribution in [0.5, 0.6) is 11.5 Å². The number of methoxy groups -OCH3 is 2. The van der Waals surface area contributed by atoms with Crippen LogP contribution in [0, 0.1) is 0 Å². The van der Waals surface area contributed by atoms with E-state index in [-0.39, 0.29) is 6.04 Å². The van der Waals surface area contributed by atoms with Crippen LogP contribution in [-0.2, 0) is 0 Å². The Kier molecular flexibility index (Phi) is 5.32. The molecule has 0 saturated carbocycles. The molecule has 20 heavy (non-hydrogen) atoms. The van der Waals surface area contributed by atoms with Crippen molar-refractivity contribution >= 4 is 11.8 Å². The molecule has 0 heterocycles. The zero-order valence-electron chi connectivity index (χ0n) is 11.7. The van der Waals surface area contributed by atoms with Gasteiger partial charge >= 0.3 is 0 Å². The van der Waals surface area contributed by atoms with Gasteiger partial charge in [0, 0.05) is 16.7 Å². The van der Waals surface area contributed by atoms with Gasteiger partial charge in [-0.15, -0.1) is 11.8 Å². The molecule has 0 aromatic heterocycles. The van der Waals surface area contributed by atoms with Gasteiger partial charge in [-0.2, -0.15) is 0 Å². The van der Waals surface area contributed by atoms with Crippen LogP contribution in [-0.4, -0.2) is 20.0 Å². The van der Waals surface area contributed by atoms with Gasteiger partial charge in [0.2, 0.25) is 0 Å². The van der Waals surface area contributed by atoms with E-state index in [9.17, 15) is 0 Å². The summed E-state index contributed by atoms with van der Waals surface area (Å²) in [5.41, 5.74) is 7.33. The van der Waals surface area contributed by atoms with Crippen molar-refractivity contribution < 1.29 is 9.47 Å². The number of ether oxygens (including phenoxy) is 2. The Hall–Kier alpha value is -1.65. The number of para-hydroxylation sites is 1. The summed E-state index contributed by atoms with van der Waals surface area (Å²) in [4.78, 5) is 1.11. The summed E-state index contributed by atoms with van der Waals surface area (Å²) >= 11 is 1.70. The van der Waals surface area contributed by atoms with Gasteiger partial charge in [-0.05, 0) is 29.8 Å². The fourth-order valence-electron chi connectivity index (χ4n) is 1.86. The largest absolute Gasteiger partial charge is 0.497 e. The first-order chi connectivity index (χ1) is 9.74. The SMILES string of the molecule is COc1ccc(C(N)CSc2ccccc2OC)cc1. The third kappa shape index (κ3) is 3.68. The number of rotatable bonds is 6. The number of benzene rings is 2. The predicted molar refractivity (Wildman–Crippen MR) is 83.6 cm³/mol. The summed E-state index contributed by atoms with van der Waals surface area (Å²) in [5, 5.41) is 0. The highest BCUT2D eigenvalue weighted by Crippen LogP contribution is 2.31. The zero-order valence-corrected chi connectivity index (χ0v) is 12.5. The summed E-state index contributed by atoms with van der Waals surface area (Å²) in [6, 6.07) is 15.8. The summed E-state index contributed by atoms with van der Waals surface area (Å²) < 4.78 is 10.5. The van der Waals surface area contributed by atoms with E-state index < -0.39 is 0 Å². The molecule has 3 nitrogen and oxygen atoms in total. The van der Waals surface area contributed by atoms with Crippen molar-refractivity contribution in [1.82, 2.24) is 0 Å². The first-order valence-corrected chi connectivity index (χ1v) is 7.38. The molecule has 2 aromatic rings. The van der Waals surface area contributed by atoms with E-state index in [1.54, 1.807) is 26.0 Å². The minimum absolute atomic E-state index is 0.0178. The predicted octanol–water partition coefficient (Wildman–Crippen LogP) is 3.50. The maximum Gasteiger partial charge on any atom is 0.132 e. The van der Waals surface area contributed by atoms with Gasteiger partial charge in [0.05, 0.1) is 14.2 Å². The monoisotopic (exact) mass is 289 g/mol. The van der Waals surface area contributed by atoms with Crippen LogP contribution in [0.3, 0.4) is 0 Å². The van der Waals surface area contributed by atoms with Crippen LogP contribution in [0.1, 0.15) is 11.6 Å². The van der Waals surface area contributed by atoms with E-state index in [1.165, 1.54) is 0 Å². The lowest BCUT2D eigenvalue weighted by Crippen LogP contribution is -2.12. The Balaban J connectivity index is 1.98. The normalized spacial score (nSPS) is 11.9. The highest BCUT2D eigenvalue weighted by atomic mass is 32.2. The molecule has 0 radical (unpaired) electrons. The van der Waals surface area contributed by atoms with Gasteiger partial charge in [-0.1, -0.05) is 24.3 Å². The number of hydrogen-bond donors (Lipinski definition) is 1. The maximum atomic E-state index is 6.22. The van der Waals surface area contributed by atoms with E-state index in [1.807, 2.05) is 48.5 Å². The van der Waals surface area contributed by atoms with Crippen molar-refractivity contribution in [3.8, 4) is 11.5 Å². The van der Waals surface area contributed by atoms with Crippen LogP contribution in [0.4, 0.5) is 0 Å². The molecular formula is C16H19NO2S. The van der Waals surface area contributed by atoms with E-state index in [2.05, 4.69) is 0 Å². The van der Waals surface area contributed by atoms with Crippen LogP contribution in [0.2, 0.25) is 0 Å². The second-order valence-corrected chi connectivity index (χ2v) is 5.40. The molecule has 0 amide bonds. The molecule has 0 saturated heterocycles. The van der Waals surface area contributed by atoms with Crippen molar-refractivity contribution in [2.75, 3.05) is 20.0 Å². The van der Waals surface area contributed by atoms with Gasteiger partial charge in [-0.3, -0.25) is 0 Å². The first kappa shape index (κ1) is 14.8. The van der Waals surface area contributed by atoms with Gasteiger partial charge in [-0.25, -0.2) is 0 Å². The Labute approximate surface area is 124 Å². The lowest BCUT2D eigenvalue weighted by atomic mass is 10.1. The minimum Gasteiger partial charge on any atom is -0.497 e. The Morgan fingerprint density at radius 3 is 2.35 bits per heavy atom. The van der Waals surface area contributed by atoms with E-state index in [0.29, 0.717) is 0 Å². The van der Waals surface area contributed by atoms with Gasteiger partial charge < -0.3 is 15.2 Å². The molecule has 0 spiro atoms. The molecule has 0 fully saturated rings. The second-order valence-electron chi connectivity index (χ2n) is 4.34. The Bertz CT molecular complexity index is 542. The summed E-state index contributed by atoms with van der Waals surface area (Å²) in [6.07, 6.45) is 0. The fraction of sp³-hybridized carbons (Fsp3) is 0.250. The maximum absolute atomic E-state index is 6.22. The Morgan fingerprint density at radius 2 is 1.70 bits per heavy atom. The lowest BCUT2D eigenvalue weighted by molar-refractivity contribution is 0.405. The molecule has 0 aliphatic heterocycles. The molecule has 2 rings (SSSR count). The standard InChI is InChI=1S/C16H19NO2S/c1-18-13-9-7-12(8-10-13)14(17)11-20-16-6-4-3-5-15(16)19-2/h3-10,14H,11,17H2,1-2H3. The zero-order chi connectivity index (χ0) is 14.4. The highest BCUT2D eigenvalue weighted by Gasteiger charge is 2.09. The molecule has 1 unspecified atom stereocenters. The minimum atomic E-state index is -0.0178. The van der Waals surface area contributed by atoms with Crippen molar-refractivity contribution in [2.45, 2.75) is 10.9 Å². The van der Waals surface area contributed by atoms with Crippen molar-refractivity contribution in [3.63, 3.8) is 0 Å². The number of nitrogens with two attached hydrogens (primary N) is 1. The molecule has 0 bridgehead atoms. The van der Waals surface area contributed by atoms with E-state index in [0.717, 1.165) is 27.7 Å². The molecule has 106 valence electrons.